The maximum absolute atomic E-state index is 13.6. The second kappa shape index (κ2) is 11.9. The Kier molecular flexibility index (Phi) is 8.77. The van der Waals surface area contributed by atoms with Gasteiger partial charge in [-0.2, -0.15) is 13.2 Å². The van der Waals surface area contributed by atoms with Gasteiger partial charge in [0.25, 0.3) is 0 Å². The first-order valence-corrected chi connectivity index (χ1v) is 15.0. The number of sulfone groups is 1. The Morgan fingerprint density at radius 2 is 1.93 bits per heavy atom. The highest BCUT2D eigenvalue weighted by molar-refractivity contribution is 7.90. The number of hydrogen-bond acceptors (Lipinski definition) is 6. The molecular formula is C29H33F3N4O4S. The molecule has 1 saturated heterocycles. The van der Waals surface area contributed by atoms with E-state index in [0.717, 1.165) is 23.7 Å². The van der Waals surface area contributed by atoms with Crippen LogP contribution in [-0.2, 0) is 21.2 Å². The Morgan fingerprint density at radius 3 is 2.56 bits per heavy atom. The summed E-state index contributed by atoms with van der Waals surface area (Å²) in [6.45, 7) is 3.06. The van der Waals surface area contributed by atoms with E-state index in [9.17, 15) is 26.4 Å². The summed E-state index contributed by atoms with van der Waals surface area (Å²) in [4.78, 5) is 13.8. The van der Waals surface area contributed by atoms with Crippen LogP contribution in [0.3, 0.4) is 0 Å². The molecular weight excluding hydrogens is 557 g/mol. The zero-order valence-corrected chi connectivity index (χ0v) is 24.1. The molecule has 0 saturated carbocycles. The summed E-state index contributed by atoms with van der Waals surface area (Å²) in [6, 6.07) is 11.4. The van der Waals surface area contributed by atoms with Gasteiger partial charge in [-0.15, -0.1) is 0 Å². The molecule has 1 fully saturated rings. The van der Waals surface area contributed by atoms with Crippen molar-refractivity contribution in [3.05, 3.63) is 48.2 Å². The van der Waals surface area contributed by atoms with E-state index in [1.807, 2.05) is 17.9 Å². The number of nitrogens with zero attached hydrogens (tertiary/aromatic N) is 2. The highest BCUT2D eigenvalue weighted by Crippen LogP contribution is 2.32. The highest BCUT2D eigenvalue weighted by atomic mass is 32.2. The van der Waals surface area contributed by atoms with Gasteiger partial charge in [0.15, 0.2) is 9.84 Å². The second-order valence-corrected chi connectivity index (χ2v) is 12.2. The van der Waals surface area contributed by atoms with Crippen molar-refractivity contribution in [1.82, 2.24) is 9.47 Å². The van der Waals surface area contributed by atoms with Crippen molar-refractivity contribution in [3.63, 3.8) is 0 Å². The van der Waals surface area contributed by atoms with Gasteiger partial charge in [-0.05, 0) is 56.0 Å². The summed E-state index contributed by atoms with van der Waals surface area (Å²) in [5.74, 6) is 6.08. The van der Waals surface area contributed by atoms with Crippen LogP contribution in [-0.4, -0.2) is 68.5 Å². The Labute approximate surface area is 237 Å². The number of anilines is 2. The number of amides is 1. The molecule has 41 heavy (non-hydrogen) atoms. The SMILES string of the molecule is COc1cc(S(C)(=O)=O)ccc1NCC#Cc1cc2c(NC3CCN(C(C)=O)[C@H](C)C3)cccc2n1CC(F)(F)F. The van der Waals surface area contributed by atoms with Crippen LogP contribution in [0.2, 0.25) is 0 Å². The molecule has 2 atom stereocenters. The first kappa shape index (κ1) is 30.1. The third kappa shape index (κ3) is 7.27. The van der Waals surface area contributed by atoms with Gasteiger partial charge in [0.1, 0.15) is 12.3 Å². The first-order valence-electron chi connectivity index (χ1n) is 13.1. The number of likely N-dealkylation sites (tertiary alicyclic amines) is 1. The number of benzene rings is 2. The maximum atomic E-state index is 13.6. The van der Waals surface area contributed by atoms with E-state index in [4.69, 9.17) is 4.74 Å². The van der Waals surface area contributed by atoms with E-state index >= 15 is 0 Å². The number of aromatic nitrogens is 1. The Hall–Kier alpha value is -3.85. The number of ether oxygens (including phenoxy) is 1. The normalized spacial score (nSPS) is 17.6. The van der Waals surface area contributed by atoms with E-state index in [1.54, 1.807) is 31.2 Å². The number of rotatable bonds is 7. The van der Waals surface area contributed by atoms with Crippen LogP contribution < -0.4 is 15.4 Å². The minimum absolute atomic E-state index is 0.0318. The number of carbonyl (C=O) groups excluding carboxylic acids is 1. The quantitative estimate of drug-likeness (QED) is 0.381. The average molecular weight is 591 g/mol. The average Bonchev–Trinajstić information content (AvgIpc) is 3.22. The summed E-state index contributed by atoms with van der Waals surface area (Å²) in [5, 5.41) is 7.15. The fraction of sp³-hybridized carbons (Fsp3) is 0.414. The predicted molar refractivity (Wildman–Crippen MR) is 153 cm³/mol. The fourth-order valence-electron chi connectivity index (χ4n) is 5.18. The van der Waals surface area contributed by atoms with Gasteiger partial charge < -0.3 is 24.8 Å². The number of nitrogens with one attached hydrogen (secondary N) is 2. The molecule has 2 heterocycles. The van der Waals surface area contributed by atoms with E-state index in [0.29, 0.717) is 34.6 Å². The standard InChI is InChI=1S/C29H33F3N4O4S/c1-19-15-21(12-14-35(19)20(2)37)34-25-8-5-9-27-24(25)16-22(36(27)18-29(30,31)32)7-6-13-33-26-11-10-23(41(4,38)39)17-28(26)40-3/h5,8-11,16-17,19,21,33-34H,12-15,18H2,1-4H3/t19-,21?/m1/s1. The Bertz CT molecular complexity index is 1610. The Balaban J connectivity index is 1.59. The van der Waals surface area contributed by atoms with Crippen LogP contribution >= 0.6 is 0 Å². The van der Waals surface area contributed by atoms with Crippen molar-refractivity contribution < 1.29 is 31.1 Å². The smallest absolute Gasteiger partial charge is 0.406 e. The molecule has 0 spiro atoms. The van der Waals surface area contributed by atoms with Crippen LogP contribution in [0.15, 0.2) is 47.4 Å². The third-order valence-corrected chi connectivity index (χ3v) is 8.22. The van der Waals surface area contributed by atoms with Gasteiger partial charge in [-0.25, -0.2) is 8.42 Å². The lowest BCUT2D eigenvalue weighted by atomic mass is 9.97. The summed E-state index contributed by atoms with van der Waals surface area (Å²) in [6.07, 6.45) is -1.89. The van der Waals surface area contributed by atoms with Crippen molar-refractivity contribution in [1.29, 1.82) is 0 Å². The number of halogens is 3. The number of carbonyl (C=O) groups is 1. The van der Waals surface area contributed by atoms with Gasteiger partial charge in [-0.1, -0.05) is 12.0 Å². The largest absolute Gasteiger partial charge is 0.495 e. The molecule has 220 valence electrons. The van der Waals surface area contributed by atoms with Gasteiger partial charge >= 0.3 is 6.18 Å². The fourth-order valence-corrected chi connectivity index (χ4v) is 5.81. The summed E-state index contributed by atoms with van der Waals surface area (Å²) in [7, 11) is -2.01. The minimum Gasteiger partial charge on any atom is -0.495 e. The van der Waals surface area contributed by atoms with Gasteiger partial charge in [0.05, 0.1) is 35.4 Å². The van der Waals surface area contributed by atoms with Crippen LogP contribution in [0.5, 0.6) is 5.75 Å². The van der Waals surface area contributed by atoms with Crippen LogP contribution in [0.25, 0.3) is 10.9 Å². The molecule has 3 aromatic rings. The zero-order valence-electron chi connectivity index (χ0n) is 23.3. The maximum Gasteiger partial charge on any atom is 0.406 e. The molecule has 1 unspecified atom stereocenters. The molecule has 1 aromatic heterocycles. The number of alkyl halides is 3. The lowest BCUT2D eigenvalue weighted by molar-refractivity contribution is -0.140. The summed E-state index contributed by atoms with van der Waals surface area (Å²) < 4.78 is 70.8. The van der Waals surface area contributed by atoms with E-state index < -0.39 is 22.6 Å². The molecule has 2 aromatic carbocycles. The molecule has 2 N–H and O–H groups in total. The Morgan fingerprint density at radius 1 is 1.17 bits per heavy atom. The number of piperidine rings is 1. The molecule has 0 radical (unpaired) electrons. The number of fused-ring (bicyclic) bond motifs is 1. The van der Waals surface area contributed by atoms with Crippen molar-refractivity contribution in [3.8, 4) is 17.6 Å². The molecule has 1 aliphatic rings. The molecule has 1 amide bonds. The number of hydrogen-bond donors (Lipinski definition) is 2. The highest BCUT2D eigenvalue weighted by Gasteiger charge is 2.31. The van der Waals surface area contributed by atoms with Gasteiger partial charge in [-0.3, -0.25) is 4.79 Å². The number of methoxy groups -OCH3 is 1. The van der Waals surface area contributed by atoms with Crippen LogP contribution in [0.4, 0.5) is 24.5 Å². The van der Waals surface area contributed by atoms with Crippen LogP contribution in [0, 0.1) is 11.8 Å². The van der Waals surface area contributed by atoms with Crippen molar-refractivity contribution in [2.24, 2.45) is 0 Å². The zero-order chi connectivity index (χ0) is 29.9. The molecule has 12 heteroatoms. The van der Waals surface area contributed by atoms with E-state index in [1.165, 1.54) is 19.2 Å². The predicted octanol–water partition coefficient (Wildman–Crippen LogP) is 4.89. The molecule has 0 bridgehead atoms. The van der Waals surface area contributed by atoms with Crippen molar-refractivity contribution >= 4 is 38.0 Å². The lowest BCUT2D eigenvalue weighted by Crippen LogP contribution is -2.47. The van der Waals surface area contributed by atoms with E-state index in [2.05, 4.69) is 22.5 Å². The van der Waals surface area contributed by atoms with Crippen LogP contribution in [0.1, 0.15) is 32.4 Å². The molecule has 1 aliphatic heterocycles. The summed E-state index contributed by atoms with van der Waals surface area (Å²) in [5.41, 5.74) is 1.85. The topological polar surface area (TPSA) is 92.7 Å². The van der Waals surface area contributed by atoms with Crippen molar-refractivity contribution in [2.45, 2.75) is 56.4 Å². The van der Waals surface area contributed by atoms with E-state index in [-0.39, 0.29) is 35.1 Å². The molecule has 8 nitrogen and oxygen atoms in total. The first-order chi connectivity index (χ1) is 19.3. The van der Waals surface area contributed by atoms with Gasteiger partial charge in [0.2, 0.25) is 5.91 Å². The lowest BCUT2D eigenvalue weighted by Gasteiger charge is -2.37. The molecule has 4 rings (SSSR count). The third-order valence-electron chi connectivity index (χ3n) is 7.11. The second-order valence-electron chi connectivity index (χ2n) is 10.2. The summed E-state index contributed by atoms with van der Waals surface area (Å²) >= 11 is 0. The monoisotopic (exact) mass is 590 g/mol. The molecule has 0 aliphatic carbocycles. The van der Waals surface area contributed by atoms with Gasteiger partial charge in [0, 0.05) is 48.9 Å². The van der Waals surface area contributed by atoms with Crippen molar-refractivity contribution in [2.75, 3.05) is 37.1 Å². The minimum atomic E-state index is -4.45.